The number of Topliss-reactive ketones (excluding diaryl/α,β-unsaturated/α-hetero) is 1. The molecule has 0 saturated carbocycles. The lowest BCUT2D eigenvalue weighted by atomic mass is 10.2. The van der Waals surface area contributed by atoms with Crippen LogP contribution in [0.15, 0.2) is 24.3 Å². The SMILES string of the molecule is CC.CNCC(C)=O.Cc1ccc(N)cc1. The van der Waals surface area contributed by atoms with Crippen molar-refractivity contribution >= 4 is 11.5 Å². The van der Waals surface area contributed by atoms with Crippen LogP contribution in [0, 0.1) is 6.92 Å². The van der Waals surface area contributed by atoms with Gasteiger partial charge in [-0.25, -0.2) is 0 Å². The molecule has 0 saturated heterocycles. The number of anilines is 1. The number of nitrogens with two attached hydrogens (primary N) is 1. The van der Waals surface area contributed by atoms with E-state index in [9.17, 15) is 4.79 Å². The minimum atomic E-state index is 0.178. The number of nitrogens with one attached hydrogen (secondary N) is 1. The van der Waals surface area contributed by atoms with Gasteiger partial charge in [0.15, 0.2) is 0 Å². The zero-order valence-corrected chi connectivity index (χ0v) is 11.0. The van der Waals surface area contributed by atoms with Crippen LogP contribution in [-0.2, 0) is 4.79 Å². The van der Waals surface area contributed by atoms with Gasteiger partial charge in [-0.1, -0.05) is 31.5 Å². The van der Waals surface area contributed by atoms with Gasteiger partial charge in [0.25, 0.3) is 0 Å². The number of rotatable bonds is 2. The molecule has 16 heavy (non-hydrogen) atoms. The van der Waals surface area contributed by atoms with E-state index in [-0.39, 0.29) is 5.78 Å². The largest absolute Gasteiger partial charge is 0.399 e. The predicted molar refractivity (Wildman–Crippen MR) is 71.5 cm³/mol. The fourth-order valence-corrected chi connectivity index (χ4v) is 0.815. The van der Waals surface area contributed by atoms with E-state index in [1.165, 1.54) is 5.56 Å². The van der Waals surface area contributed by atoms with Crippen LogP contribution in [-0.4, -0.2) is 19.4 Å². The van der Waals surface area contributed by atoms with Gasteiger partial charge in [0.1, 0.15) is 5.78 Å². The van der Waals surface area contributed by atoms with Gasteiger partial charge in [0.2, 0.25) is 0 Å². The summed E-state index contributed by atoms with van der Waals surface area (Å²) < 4.78 is 0. The van der Waals surface area contributed by atoms with Gasteiger partial charge >= 0.3 is 0 Å². The Morgan fingerprint density at radius 1 is 1.25 bits per heavy atom. The Morgan fingerprint density at radius 3 is 1.88 bits per heavy atom. The number of likely N-dealkylation sites (N-methyl/N-ethyl adjacent to an activating group) is 1. The molecule has 3 heteroatoms. The molecule has 0 aliphatic rings. The van der Waals surface area contributed by atoms with Crippen molar-refractivity contribution in [1.82, 2.24) is 5.32 Å². The Labute approximate surface area is 99.0 Å². The summed E-state index contributed by atoms with van der Waals surface area (Å²) in [5.74, 6) is 0.178. The molecule has 0 aliphatic heterocycles. The lowest BCUT2D eigenvalue weighted by Crippen LogP contribution is -2.14. The lowest BCUT2D eigenvalue weighted by Gasteiger charge is -1.90. The van der Waals surface area contributed by atoms with Crippen LogP contribution < -0.4 is 11.1 Å². The molecule has 0 aliphatic carbocycles. The molecule has 0 atom stereocenters. The highest BCUT2D eigenvalue weighted by Crippen LogP contribution is 2.02. The average Bonchev–Trinajstić information content (AvgIpc) is 2.26. The highest BCUT2D eigenvalue weighted by atomic mass is 16.1. The number of ketones is 1. The minimum Gasteiger partial charge on any atom is -0.399 e. The molecule has 92 valence electrons. The van der Waals surface area contributed by atoms with Gasteiger partial charge in [0.05, 0.1) is 6.54 Å². The minimum absolute atomic E-state index is 0.178. The van der Waals surface area contributed by atoms with Crippen LogP contribution in [0.1, 0.15) is 26.3 Å². The first-order chi connectivity index (χ1) is 7.56. The first-order valence-electron chi connectivity index (χ1n) is 5.52. The number of nitrogen functional groups attached to an aromatic ring is 1. The van der Waals surface area contributed by atoms with Crippen LogP contribution in [0.2, 0.25) is 0 Å². The quantitative estimate of drug-likeness (QED) is 0.758. The van der Waals surface area contributed by atoms with Crippen LogP contribution in [0.25, 0.3) is 0 Å². The molecule has 0 aromatic heterocycles. The molecule has 0 heterocycles. The van der Waals surface area contributed by atoms with Crippen LogP contribution in [0.5, 0.6) is 0 Å². The van der Waals surface area contributed by atoms with Crippen molar-refractivity contribution in [3.8, 4) is 0 Å². The second-order valence-electron chi connectivity index (χ2n) is 3.14. The summed E-state index contributed by atoms with van der Waals surface area (Å²) in [7, 11) is 1.75. The van der Waals surface area contributed by atoms with Gasteiger partial charge in [-0.3, -0.25) is 4.79 Å². The molecule has 0 bridgehead atoms. The average molecular weight is 224 g/mol. The van der Waals surface area contributed by atoms with Gasteiger partial charge in [-0.2, -0.15) is 0 Å². The monoisotopic (exact) mass is 224 g/mol. The third-order valence-electron chi connectivity index (χ3n) is 1.50. The van der Waals surface area contributed by atoms with Crippen LogP contribution >= 0.6 is 0 Å². The maximum Gasteiger partial charge on any atom is 0.143 e. The van der Waals surface area contributed by atoms with E-state index in [0.717, 1.165) is 5.69 Å². The zero-order chi connectivity index (χ0) is 13.0. The molecule has 0 radical (unpaired) electrons. The highest BCUT2D eigenvalue weighted by Gasteiger charge is 1.82. The van der Waals surface area contributed by atoms with Crippen LogP contribution in [0.3, 0.4) is 0 Å². The number of carbonyl (C=O) groups is 1. The molecule has 0 spiro atoms. The molecule has 0 amide bonds. The first kappa shape index (κ1) is 17.1. The molecule has 3 nitrogen and oxygen atoms in total. The van der Waals surface area contributed by atoms with E-state index in [1.807, 2.05) is 45.0 Å². The molecule has 1 aromatic carbocycles. The van der Waals surface area contributed by atoms with Gasteiger partial charge in [-0.15, -0.1) is 0 Å². The topological polar surface area (TPSA) is 55.1 Å². The van der Waals surface area contributed by atoms with Crippen molar-refractivity contribution < 1.29 is 4.79 Å². The molecule has 1 aromatic rings. The summed E-state index contributed by atoms with van der Waals surface area (Å²) in [6.07, 6.45) is 0. The summed E-state index contributed by atoms with van der Waals surface area (Å²) >= 11 is 0. The fraction of sp³-hybridized carbons (Fsp3) is 0.462. The molecule has 3 N–H and O–H groups in total. The molecule has 1 rings (SSSR count). The molecule has 0 unspecified atom stereocenters. The number of hydrogen-bond donors (Lipinski definition) is 2. The third-order valence-corrected chi connectivity index (χ3v) is 1.50. The van der Waals surface area contributed by atoms with E-state index in [2.05, 4.69) is 5.32 Å². The van der Waals surface area contributed by atoms with E-state index in [4.69, 9.17) is 5.73 Å². The van der Waals surface area contributed by atoms with E-state index < -0.39 is 0 Å². The highest BCUT2D eigenvalue weighted by molar-refractivity contribution is 5.77. The molecular formula is C13H24N2O. The number of hydrogen-bond acceptors (Lipinski definition) is 3. The van der Waals surface area contributed by atoms with E-state index >= 15 is 0 Å². The Bertz CT molecular complexity index is 247. The first-order valence-corrected chi connectivity index (χ1v) is 5.52. The number of benzene rings is 1. The normalized spacial score (nSPS) is 8.06. The maximum atomic E-state index is 9.98. The summed E-state index contributed by atoms with van der Waals surface area (Å²) in [4.78, 5) is 9.98. The lowest BCUT2D eigenvalue weighted by molar-refractivity contribution is -0.116. The number of aryl methyl sites for hydroxylation is 1. The number of carbonyl (C=O) groups excluding carboxylic acids is 1. The van der Waals surface area contributed by atoms with Crippen molar-refractivity contribution in [3.63, 3.8) is 0 Å². The maximum absolute atomic E-state index is 9.98. The third kappa shape index (κ3) is 12.7. The van der Waals surface area contributed by atoms with Gasteiger partial charge in [0, 0.05) is 5.69 Å². The van der Waals surface area contributed by atoms with Crippen molar-refractivity contribution in [2.45, 2.75) is 27.7 Å². The second-order valence-corrected chi connectivity index (χ2v) is 3.14. The summed E-state index contributed by atoms with van der Waals surface area (Å²) in [5, 5.41) is 2.72. The Hall–Kier alpha value is -1.35. The van der Waals surface area contributed by atoms with Crippen molar-refractivity contribution in [2.75, 3.05) is 19.3 Å². The van der Waals surface area contributed by atoms with E-state index in [1.54, 1.807) is 14.0 Å². The Morgan fingerprint density at radius 2 is 1.69 bits per heavy atom. The summed E-state index contributed by atoms with van der Waals surface area (Å²) in [6, 6.07) is 7.79. The van der Waals surface area contributed by atoms with Gasteiger partial charge in [-0.05, 0) is 33.0 Å². The van der Waals surface area contributed by atoms with Crippen molar-refractivity contribution in [3.05, 3.63) is 29.8 Å². The van der Waals surface area contributed by atoms with Crippen molar-refractivity contribution in [1.29, 1.82) is 0 Å². The van der Waals surface area contributed by atoms with Crippen LogP contribution in [0.4, 0.5) is 5.69 Å². The standard InChI is InChI=1S/C7H9N.C4H9NO.C2H6/c1-6-2-4-7(8)5-3-6;1-4(6)3-5-2;1-2/h2-5H,8H2,1H3;5H,3H2,1-2H3;1-2H3. The zero-order valence-electron chi connectivity index (χ0n) is 11.0. The Kier molecular flexibility index (Phi) is 12.5. The Balaban J connectivity index is 0. The van der Waals surface area contributed by atoms with E-state index in [0.29, 0.717) is 6.54 Å². The predicted octanol–water partition coefficient (Wildman–Crippen LogP) is 2.40. The molecular weight excluding hydrogens is 200 g/mol. The van der Waals surface area contributed by atoms with Crippen molar-refractivity contribution in [2.24, 2.45) is 0 Å². The smallest absolute Gasteiger partial charge is 0.143 e. The second kappa shape index (κ2) is 11.7. The summed E-state index contributed by atoms with van der Waals surface area (Å²) in [6.45, 7) is 8.08. The van der Waals surface area contributed by atoms with Gasteiger partial charge < -0.3 is 11.1 Å². The fourth-order valence-electron chi connectivity index (χ4n) is 0.815. The molecule has 0 fully saturated rings. The summed E-state index contributed by atoms with van der Waals surface area (Å²) in [5.41, 5.74) is 7.51.